The van der Waals surface area contributed by atoms with Crippen molar-refractivity contribution >= 4 is 5.69 Å². The molecule has 0 saturated heterocycles. The molecule has 102 valence electrons. The van der Waals surface area contributed by atoms with Gasteiger partial charge in [0.1, 0.15) is 5.75 Å². The van der Waals surface area contributed by atoms with Crippen LogP contribution in [0.2, 0.25) is 0 Å². The van der Waals surface area contributed by atoms with Crippen LogP contribution in [0.15, 0.2) is 48.5 Å². The van der Waals surface area contributed by atoms with Crippen LogP contribution >= 0.6 is 0 Å². The number of ether oxygens (including phenoxy) is 1. The summed E-state index contributed by atoms with van der Waals surface area (Å²) >= 11 is 0. The van der Waals surface area contributed by atoms with Crippen LogP contribution in [0.1, 0.15) is 30.9 Å². The first-order valence-electron chi connectivity index (χ1n) is 6.62. The molecule has 2 N–H and O–H groups in total. The van der Waals surface area contributed by atoms with Gasteiger partial charge >= 0.3 is 0 Å². The molecule has 2 aromatic carbocycles. The second kappa shape index (κ2) is 6.12. The van der Waals surface area contributed by atoms with Crippen LogP contribution in [0.5, 0.6) is 5.75 Å². The Bertz CT molecular complexity index is 594. The third-order valence-corrected chi connectivity index (χ3v) is 2.98. The highest BCUT2D eigenvalue weighted by atomic mass is 16.5. The second-order valence-electron chi connectivity index (χ2n) is 4.96. The van der Waals surface area contributed by atoms with Crippen molar-refractivity contribution in [3.63, 3.8) is 0 Å². The molecule has 0 aliphatic heterocycles. The lowest BCUT2D eigenvalue weighted by Gasteiger charge is -2.13. The fraction of sp³-hybridized carbons (Fsp3) is 0.235. The minimum Gasteiger partial charge on any atom is -0.491 e. The van der Waals surface area contributed by atoms with Crippen LogP contribution in [-0.2, 0) is 0 Å². The molecule has 1 atom stereocenters. The maximum atomic E-state index is 9.40. The first kappa shape index (κ1) is 14.0. The largest absolute Gasteiger partial charge is 0.491 e. The molecule has 0 fully saturated rings. The maximum absolute atomic E-state index is 9.40. The predicted molar refractivity (Wildman–Crippen MR) is 80.5 cm³/mol. The van der Waals surface area contributed by atoms with E-state index in [9.17, 15) is 5.26 Å². The van der Waals surface area contributed by atoms with Crippen molar-refractivity contribution < 1.29 is 4.74 Å². The van der Waals surface area contributed by atoms with E-state index in [1.54, 1.807) is 0 Å². The monoisotopic (exact) mass is 266 g/mol. The standard InChI is InChI=1S/C17H18N2O/c1-12(2)20-16-9-5-14(6-10-16)17(11-18)13-3-7-15(19)8-4-13/h3-10,12,17H,19H2,1-2H3. The Labute approximate surface area is 119 Å². The van der Waals surface area contributed by atoms with Crippen molar-refractivity contribution in [3.8, 4) is 11.8 Å². The molecule has 0 bridgehead atoms. The summed E-state index contributed by atoms with van der Waals surface area (Å²) in [5.74, 6) is 0.529. The number of rotatable bonds is 4. The van der Waals surface area contributed by atoms with Gasteiger partial charge in [0.05, 0.1) is 18.1 Å². The first-order valence-corrected chi connectivity index (χ1v) is 6.62. The van der Waals surface area contributed by atoms with Crippen molar-refractivity contribution in [2.24, 2.45) is 0 Å². The molecule has 0 spiro atoms. The Balaban J connectivity index is 2.24. The lowest BCUT2D eigenvalue weighted by molar-refractivity contribution is 0.242. The Morgan fingerprint density at radius 3 is 1.90 bits per heavy atom. The summed E-state index contributed by atoms with van der Waals surface area (Å²) in [7, 11) is 0. The zero-order valence-electron chi connectivity index (χ0n) is 11.7. The zero-order valence-corrected chi connectivity index (χ0v) is 11.7. The second-order valence-corrected chi connectivity index (χ2v) is 4.96. The molecule has 3 nitrogen and oxygen atoms in total. The summed E-state index contributed by atoms with van der Waals surface area (Å²) in [5, 5.41) is 9.40. The normalized spacial score (nSPS) is 11.9. The highest BCUT2D eigenvalue weighted by Crippen LogP contribution is 2.26. The van der Waals surface area contributed by atoms with Gasteiger partial charge in [-0.05, 0) is 49.2 Å². The van der Waals surface area contributed by atoms with Gasteiger partial charge in [0.25, 0.3) is 0 Å². The van der Waals surface area contributed by atoms with Crippen LogP contribution in [0.4, 0.5) is 5.69 Å². The van der Waals surface area contributed by atoms with Crippen molar-refractivity contribution in [3.05, 3.63) is 59.7 Å². The van der Waals surface area contributed by atoms with Gasteiger partial charge in [0, 0.05) is 5.69 Å². The average molecular weight is 266 g/mol. The van der Waals surface area contributed by atoms with Crippen LogP contribution in [0.25, 0.3) is 0 Å². The number of hydrogen-bond acceptors (Lipinski definition) is 3. The Morgan fingerprint density at radius 1 is 0.950 bits per heavy atom. The summed E-state index contributed by atoms with van der Waals surface area (Å²) < 4.78 is 5.60. The van der Waals surface area contributed by atoms with Crippen molar-refractivity contribution in [2.45, 2.75) is 25.9 Å². The summed E-state index contributed by atoms with van der Waals surface area (Å²) in [6.07, 6.45) is 0.143. The molecular formula is C17H18N2O. The number of nitrogens with two attached hydrogens (primary N) is 1. The number of nitriles is 1. The van der Waals surface area contributed by atoms with E-state index in [-0.39, 0.29) is 12.0 Å². The maximum Gasteiger partial charge on any atom is 0.119 e. The highest BCUT2D eigenvalue weighted by molar-refractivity contribution is 5.45. The zero-order chi connectivity index (χ0) is 14.5. The number of nitrogens with zero attached hydrogens (tertiary/aromatic N) is 1. The molecule has 0 radical (unpaired) electrons. The third kappa shape index (κ3) is 3.30. The first-order chi connectivity index (χ1) is 9.60. The molecule has 0 aromatic heterocycles. The Morgan fingerprint density at radius 2 is 1.45 bits per heavy atom. The number of benzene rings is 2. The van der Waals surface area contributed by atoms with E-state index in [2.05, 4.69) is 6.07 Å². The Kier molecular flexibility index (Phi) is 4.27. The van der Waals surface area contributed by atoms with Gasteiger partial charge < -0.3 is 10.5 Å². The SMILES string of the molecule is CC(C)Oc1ccc(C(C#N)c2ccc(N)cc2)cc1. The van der Waals surface area contributed by atoms with Crippen LogP contribution in [0, 0.1) is 11.3 Å². The average Bonchev–Trinajstić information content (AvgIpc) is 2.43. The molecule has 2 rings (SSSR count). The molecule has 3 heteroatoms. The van der Waals surface area contributed by atoms with Crippen molar-refractivity contribution in [1.82, 2.24) is 0 Å². The smallest absolute Gasteiger partial charge is 0.119 e. The molecule has 0 saturated carbocycles. The number of nitrogen functional groups attached to an aromatic ring is 1. The van der Waals surface area contributed by atoms with Crippen molar-refractivity contribution in [1.29, 1.82) is 5.26 Å². The van der Waals surface area contributed by atoms with Gasteiger partial charge in [-0.15, -0.1) is 0 Å². The quantitative estimate of drug-likeness (QED) is 0.858. The third-order valence-electron chi connectivity index (χ3n) is 2.98. The minimum absolute atomic E-state index is 0.143. The summed E-state index contributed by atoms with van der Waals surface area (Å²) in [4.78, 5) is 0. The summed E-state index contributed by atoms with van der Waals surface area (Å²) in [5.41, 5.74) is 8.27. The van der Waals surface area contributed by atoms with E-state index in [4.69, 9.17) is 10.5 Å². The number of hydrogen-bond donors (Lipinski definition) is 1. The lowest BCUT2D eigenvalue weighted by atomic mass is 9.92. The topological polar surface area (TPSA) is 59.0 Å². The van der Waals surface area contributed by atoms with E-state index in [0.717, 1.165) is 16.9 Å². The van der Waals surface area contributed by atoms with Gasteiger partial charge in [0.15, 0.2) is 0 Å². The molecule has 0 aliphatic rings. The van der Waals surface area contributed by atoms with Crippen molar-refractivity contribution in [2.75, 3.05) is 5.73 Å². The molecule has 20 heavy (non-hydrogen) atoms. The van der Waals surface area contributed by atoms with Gasteiger partial charge in [0.2, 0.25) is 0 Å². The summed E-state index contributed by atoms with van der Waals surface area (Å²) in [6, 6.07) is 17.4. The predicted octanol–water partition coefficient (Wildman–Crippen LogP) is 3.71. The van der Waals surface area contributed by atoms with E-state index in [1.807, 2.05) is 62.4 Å². The number of anilines is 1. The lowest BCUT2D eigenvalue weighted by Crippen LogP contribution is -2.05. The fourth-order valence-electron chi connectivity index (χ4n) is 2.04. The van der Waals surface area contributed by atoms with Crippen LogP contribution in [0.3, 0.4) is 0 Å². The molecule has 0 heterocycles. The van der Waals surface area contributed by atoms with Gasteiger partial charge in [-0.3, -0.25) is 0 Å². The van der Waals surface area contributed by atoms with Gasteiger partial charge in [-0.2, -0.15) is 5.26 Å². The van der Waals surface area contributed by atoms with Crippen LogP contribution in [-0.4, -0.2) is 6.10 Å². The molecule has 2 aromatic rings. The van der Waals surface area contributed by atoms with E-state index in [1.165, 1.54) is 0 Å². The summed E-state index contributed by atoms with van der Waals surface area (Å²) in [6.45, 7) is 3.97. The molecular weight excluding hydrogens is 248 g/mol. The molecule has 0 aliphatic carbocycles. The minimum atomic E-state index is -0.288. The van der Waals surface area contributed by atoms with Crippen LogP contribution < -0.4 is 10.5 Å². The van der Waals surface area contributed by atoms with E-state index in [0.29, 0.717) is 5.69 Å². The molecule has 1 unspecified atom stereocenters. The Hall–Kier alpha value is -2.47. The molecule has 0 amide bonds. The van der Waals surface area contributed by atoms with E-state index >= 15 is 0 Å². The fourth-order valence-corrected chi connectivity index (χ4v) is 2.04. The van der Waals surface area contributed by atoms with Gasteiger partial charge in [-0.1, -0.05) is 24.3 Å². The highest BCUT2D eigenvalue weighted by Gasteiger charge is 2.13. The van der Waals surface area contributed by atoms with Gasteiger partial charge in [-0.25, -0.2) is 0 Å². The van der Waals surface area contributed by atoms with E-state index < -0.39 is 0 Å².